The normalized spacial score (nSPS) is 19.1. The predicted molar refractivity (Wildman–Crippen MR) is 96.7 cm³/mol. The Balaban J connectivity index is 1.90. The maximum Gasteiger partial charge on any atom is 0.270 e. The van der Waals surface area contributed by atoms with Gasteiger partial charge in [-0.2, -0.15) is 5.10 Å². The quantitative estimate of drug-likeness (QED) is 0.465. The van der Waals surface area contributed by atoms with Crippen molar-refractivity contribution in [3.05, 3.63) is 70.3 Å². The van der Waals surface area contributed by atoms with Gasteiger partial charge in [-0.05, 0) is 18.6 Å². The third-order valence-corrected chi connectivity index (χ3v) is 5.74. The Morgan fingerprint density at radius 1 is 1.16 bits per heavy atom. The Morgan fingerprint density at radius 2 is 1.92 bits per heavy atom. The highest BCUT2D eigenvalue weighted by molar-refractivity contribution is 7.91. The van der Waals surface area contributed by atoms with Crippen molar-refractivity contribution in [3.63, 3.8) is 0 Å². The molecule has 0 amide bonds. The molecule has 1 heterocycles. The SMILES string of the molecule is O=[N+]([O-])c1cccc(/C=N/N(c2ccccc2)[C@H]2CCS(=O)(=O)C2)c1. The van der Waals surface area contributed by atoms with Crippen molar-refractivity contribution < 1.29 is 13.3 Å². The second-order valence-corrected chi connectivity index (χ2v) is 8.06. The lowest BCUT2D eigenvalue weighted by Crippen LogP contribution is -2.31. The van der Waals surface area contributed by atoms with Crippen molar-refractivity contribution in [3.8, 4) is 0 Å². The van der Waals surface area contributed by atoms with E-state index < -0.39 is 14.8 Å². The van der Waals surface area contributed by atoms with E-state index in [1.807, 2.05) is 30.3 Å². The molecule has 3 rings (SSSR count). The molecule has 130 valence electrons. The molecule has 1 aliphatic heterocycles. The Morgan fingerprint density at radius 3 is 2.56 bits per heavy atom. The van der Waals surface area contributed by atoms with Gasteiger partial charge in [-0.15, -0.1) is 0 Å². The number of anilines is 1. The number of benzene rings is 2. The summed E-state index contributed by atoms with van der Waals surface area (Å²) in [5.74, 6) is 0.196. The van der Waals surface area contributed by atoms with Gasteiger partial charge in [-0.25, -0.2) is 8.42 Å². The fourth-order valence-electron chi connectivity index (χ4n) is 2.77. The minimum Gasteiger partial charge on any atom is -0.261 e. The highest BCUT2D eigenvalue weighted by atomic mass is 32.2. The second kappa shape index (κ2) is 7.02. The summed E-state index contributed by atoms with van der Waals surface area (Å²) in [5, 5.41) is 17.0. The van der Waals surface area contributed by atoms with Crippen LogP contribution < -0.4 is 5.01 Å². The van der Waals surface area contributed by atoms with E-state index >= 15 is 0 Å². The number of para-hydroxylation sites is 1. The topological polar surface area (TPSA) is 92.9 Å². The van der Waals surface area contributed by atoms with Crippen LogP contribution in [-0.4, -0.2) is 37.1 Å². The number of sulfone groups is 1. The Hall–Kier alpha value is -2.74. The van der Waals surface area contributed by atoms with Crippen LogP contribution in [0.4, 0.5) is 11.4 Å². The molecule has 0 bridgehead atoms. The van der Waals surface area contributed by atoms with Crippen LogP contribution in [0.2, 0.25) is 0 Å². The van der Waals surface area contributed by atoms with Crippen molar-refractivity contribution >= 4 is 27.4 Å². The minimum absolute atomic E-state index is 0.0151. The van der Waals surface area contributed by atoms with Gasteiger partial charge >= 0.3 is 0 Å². The van der Waals surface area contributed by atoms with Gasteiger partial charge in [0, 0.05) is 17.7 Å². The van der Waals surface area contributed by atoms with Crippen LogP contribution >= 0.6 is 0 Å². The third kappa shape index (κ3) is 4.21. The number of nitrogens with zero attached hydrogens (tertiary/aromatic N) is 3. The molecule has 0 spiro atoms. The van der Waals surface area contributed by atoms with E-state index in [2.05, 4.69) is 5.10 Å². The van der Waals surface area contributed by atoms with Crippen LogP contribution in [0.5, 0.6) is 0 Å². The molecule has 25 heavy (non-hydrogen) atoms. The minimum atomic E-state index is -3.05. The van der Waals surface area contributed by atoms with E-state index in [1.54, 1.807) is 17.1 Å². The van der Waals surface area contributed by atoms with Crippen LogP contribution in [0.1, 0.15) is 12.0 Å². The lowest BCUT2D eigenvalue weighted by Gasteiger charge is -2.25. The van der Waals surface area contributed by atoms with Gasteiger partial charge in [0.15, 0.2) is 9.84 Å². The molecule has 0 aromatic heterocycles. The zero-order chi connectivity index (χ0) is 17.9. The summed E-state index contributed by atoms with van der Waals surface area (Å²) in [4.78, 5) is 10.4. The first-order chi connectivity index (χ1) is 11.9. The first kappa shape index (κ1) is 17.1. The van der Waals surface area contributed by atoms with Gasteiger partial charge in [0.1, 0.15) is 0 Å². The van der Waals surface area contributed by atoms with Crippen LogP contribution in [0.25, 0.3) is 0 Å². The average molecular weight is 359 g/mol. The number of hydrogen-bond donors (Lipinski definition) is 0. The average Bonchev–Trinajstić information content (AvgIpc) is 2.96. The molecule has 0 unspecified atom stereocenters. The maximum atomic E-state index is 11.8. The molecule has 0 saturated carbocycles. The predicted octanol–water partition coefficient (Wildman–Crippen LogP) is 2.62. The third-order valence-electron chi connectivity index (χ3n) is 3.99. The Bertz CT molecular complexity index is 897. The smallest absolute Gasteiger partial charge is 0.261 e. The Kier molecular flexibility index (Phi) is 4.80. The van der Waals surface area contributed by atoms with Gasteiger partial charge in [0.05, 0.1) is 34.4 Å². The van der Waals surface area contributed by atoms with Crippen LogP contribution in [-0.2, 0) is 9.84 Å². The van der Waals surface area contributed by atoms with E-state index in [0.717, 1.165) is 5.69 Å². The van der Waals surface area contributed by atoms with Crippen LogP contribution in [0, 0.1) is 10.1 Å². The molecular weight excluding hydrogens is 342 g/mol. The summed E-state index contributed by atoms with van der Waals surface area (Å²) in [7, 11) is -3.05. The molecule has 7 nitrogen and oxygen atoms in total. The van der Waals surface area contributed by atoms with Gasteiger partial charge in [-0.1, -0.05) is 30.3 Å². The number of hydrazone groups is 1. The number of nitro groups is 1. The Labute approximate surface area is 145 Å². The first-order valence-corrected chi connectivity index (χ1v) is 9.60. The molecule has 1 aliphatic rings. The van der Waals surface area contributed by atoms with Crippen molar-refractivity contribution in [1.82, 2.24) is 0 Å². The van der Waals surface area contributed by atoms with Gasteiger partial charge < -0.3 is 0 Å². The number of rotatable bonds is 5. The van der Waals surface area contributed by atoms with Crippen molar-refractivity contribution in [2.75, 3.05) is 16.5 Å². The molecular formula is C17H17N3O4S. The van der Waals surface area contributed by atoms with E-state index in [4.69, 9.17) is 0 Å². The molecule has 8 heteroatoms. The van der Waals surface area contributed by atoms with Crippen molar-refractivity contribution in [1.29, 1.82) is 0 Å². The molecule has 1 saturated heterocycles. The number of nitro benzene ring substituents is 1. The molecule has 0 radical (unpaired) electrons. The number of non-ortho nitro benzene ring substituents is 1. The van der Waals surface area contributed by atoms with E-state index in [9.17, 15) is 18.5 Å². The molecule has 1 fully saturated rings. The fourth-order valence-corrected chi connectivity index (χ4v) is 4.46. The molecule has 1 atom stereocenters. The lowest BCUT2D eigenvalue weighted by atomic mass is 10.2. The monoisotopic (exact) mass is 359 g/mol. The molecule has 0 aliphatic carbocycles. The fraction of sp³-hybridized carbons (Fsp3) is 0.235. The maximum absolute atomic E-state index is 11.8. The zero-order valence-electron chi connectivity index (χ0n) is 13.4. The lowest BCUT2D eigenvalue weighted by molar-refractivity contribution is -0.384. The highest BCUT2D eigenvalue weighted by Crippen LogP contribution is 2.24. The summed E-state index contributed by atoms with van der Waals surface area (Å²) >= 11 is 0. The first-order valence-electron chi connectivity index (χ1n) is 7.78. The zero-order valence-corrected chi connectivity index (χ0v) is 14.2. The van der Waals surface area contributed by atoms with E-state index in [0.29, 0.717) is 12.0 Å². The van der Waals surface area contributed by atoms with Crippen molar-refractivity contribution in [2.24, 2.45) is 5.10 Å². The summed E-state index contributed by atoms with van der Waals surface area (Å²) in [6.45, 7) is 0. The highest BCUT2D eigenvalue weighted by Gasteiger charge is 2.32. The van der Waals surface area contributed by atoms with Crippen LogP contribution in [0.3, 0.4) is 0 Å². The second-order valence-electron chi connectivity index (χ2n) is 5.83. The van der Waals surface area contributed by atoms with Crippen LogP contribution in [0.15, 0.2) is 59.7 Å². The van der Waals surface area contributed by atoms with E-state index in [1.165, 1.54) is 18.3 Å². The molecule has 2 aromatic carbocycles. The molecule has 2 aromatic rings. The number of hydrogen-bond acceptors (Lipinski definition) is 6. The largest absolute Gasteiger partial charge is 0.270 e. The summed E-state index contributed by atoms with van der Waals surface area (Å²) in [6, 6.07) is 15.2. The standard InChI is InChI=1S/C17H17N3O4S/c21-20(22)16-8-4-5-14(11-16)12-18-19(15-6-2-1-3-7-15)17-9-10-25(23,24)13-17/h1-8,11-12,17H,9-10,13H2/b18-12+/t17-/m0/s1. The summed E-state index contributed by atoms with van der Waals surface area (Å²) in [6.07, 6.45) is 2.02. The van der Waals surface area contributed by atoms with Gasteiger partial charge in [0.2, 0.25) is 0 Å². The molecule has 0 N–H and O–H groups in total. The van der Waals surface area contributed by atoms with Gasteiger partial charge in [-0.3, -0.25) is 15.1 Å². The summed E-state index contributed by atoms with van der Waals surface area (Å²) < 4.78 is 23.6. The summed E-state index contributed by atoms with van der Waals surface area (Å²) in [5.41, 5.74) is 1.35. The van der Waals surface area contributed by atoms with Crippen molar-refractivity contribution in [2.45, 2.75) is 12.5 Å². The van der Waals surface area contributed by atoms with Gasteiger partial charge in [0.25, 0.3) is 5.69 Å². The van der Waals surface area contributed by atoms with E-state index in [-0.39, 0.29) is 23.2 Å².